The highest BCUT2D eigenvalue weighted by Crippen LogP contribution is 2.19. The smallest absolute Gasteiger partial charge is 0.231 e. The zero-order chi connectivity index (χ0) is 15.4. The van der Waals surface area contributed by atoms with Crippen LogP contribution in [0.4, 0.5) is 5.69 Å². The Labute approximate surface area is 128 Å². The predicted octanol–water partition coefficient (Wildman–Crippen LogP) is 3.40. The molecule has 0 aliphatic rings. The molecule has 5 heteroatoms. The van der Waals surface area contributed by atoms with Crippen molar-refractivity contribution in [2.75, 3.05) is 5.32 Å². The largest absolute Gasteiger partial charge is 0.326 e. The summed E-state index contributed by atoms with van der Waals surface area (Å²) in [5.41, 5.74) is 2.70. The average molecular weight is 302 g/mol. The summed E-state index contributed by atoms with van der Waals surface area (Å²) in [7, 11) is 0. The Morgan fingerprint density at radius 2 is 1.90 bits per heavy atom. The summed E-state index contributed by atoms with van der Waals surface area (Å²) in [5, 5.41) is 3.51. The van der Waals surface area contributed by atoms with E-state index in [9.17, 15) is 9.59 Å². The molecule has 1 aromatic carbocycles. The van der Waals surface area contributed by atoms with Gasteiger partial charge in [-0.15, -0.1) is 11.3 Å². The van der Waals surface area contributed by atoms with Crippen molar-refractivity contribution < 1.29 is 9.59 Å². The lowest BCUT2D eigenvalue weighted by molar-refractivity contribution is -0.115. The first-order valence-corrected chi connectivity index (χ1v) is 7.67. The van der Waals surface area contributed by atoms with E-state index in [4.69, 9.17) is 0 Å². The highest BCUT2D eigenvalue weighted by Gasteiger charge is 2.14. The molecule has 0 saturated heterocycles. The Hall–Kier alpha value is -2.01. The lowest BCUT2D eigenvalue weighted by atomic mass is 10.1. The molecule has 0 aliphatic heterocycles. The fourth-order valence-electron chi connectivity index (χ4n) is 2.02. The minimum atomic E-state index is -0.122. The molecule has 0 aliphatic carbocycles. The first-order chi connectivity index (χ1) is 9.99. The minimum Gasteiger partial charge on any atom is -0.326 e. The van der Waals surface area contributed by atoms with Crippen LogP contribution < -0.4 is 5.32 Å². The summed E-state index contributed by atoms with van der Waals surface area (Å²) in [5.74, 6) is -0.130. The molecule has 110 valence electrons. The van der Waals surface area contributed by atoms with Crippen LogP contribution in [0.15, 0.2) is 24.3 Å². The van der Waals surface area contributed by atoms with Gasteiger partial charge in [-0.1, -0.05) is 19.1 Å². The minimum absolute atomic E-state index is 0.00758. The normalized spacial score (nSPS) is 10.4. The Morgan fingerprint density at radius 1 is 1.24 bits per heavy atom. The number of carbonyl (C=O) groups is 2. The van der Waals surface area contributed by atoms with Crippen molar-refractivity contribution in [2.45, 2.75) is 33.6 Å². The molecule has 0 saturated carbocycles. The van der Waals surface area contributed by atoms with Gasteiger partial charge in [0.05, 0.1) is 17.0 Å². The van der Waals surface area contributed by atoms with E-state index >= 15 is 0 Å². The Kier molecular flexibility index (Phi) is 4.85. The second-order valence-electron chi connectivity index (χ2n) is 4.85. The van der Waals surface area contributed by atoms with Gasteiger partial charge in [0.15, 0.2) is 5.78 Å². The van der Waals surface area contributed by atoms with Crippen LogP contribution in [0.5, 0.6) is 0 Å². The molecule has 1 N–H and O–H groups in total. The van der Waals surface area contributed by atoms with Gasteiger partial charge >= 0.3 is 0 Å². The standard InChI is InChI=1S/C16H18N2O2S/c1-4-12-5-7-13(8-6-12)18-14(20)9-15-17-10(2)16(21-15)11(3)19/h5-8H,4,9H2,1-3H3,(H,18,20). The van der Waals surface area contributed by atoms with E-state index < -0.39 is 0 Å². The van der Waals surface area contributed by atoms with Crippen molar-refractivity contribution >= 4 is 28.7 Å². The van der Waals surface area contributed by atoms with Gasteiger partial charge in [-0.2, -0.15) is 0 Å². The third-order valence-electron chi connectivity index (χ3n) is 3.12. The van der Waals surface area contributed by atoms with Crippen molar-refractivity contribution in [3.8, 4) is 0 Å². The molecule has 1 heterocycles. The van der Waals surface area contributed by atoms with Crippen molar-refractivity contribution in [2.24, 2.45) is 0 Å². The molecule has 21 heavy (non-hydrogen) atoms. The topological polar surface area (TPSA) is 59.1 Å². The highest BCUT2D eigenvalue weighted by atomic mass is 32.1. The molecule has 2 rings (SSSR count). The molecule has 0 spiro atoms. The van der Waals surface area contributed by atoms with E-state index in [0.717, 1.165) is 12.1 Å². The number of thiazole rings is 1. The van der Waals surface area contributed by atoms with E-state index in [-0.39, 0.29) is 18.1 Å². The lowest BCUT2D eigenvalue weighted by Crippen LogP contribution is -2.14. The molecular formula is C16H18N2O2S. The van der Waals surface area contributed by atoms with Crippen LogP contribution in [0.3, 0.4) is 0 Å². The fraction of sp³-hybridized carbons (Fsp3) is 0.312. The lowest BCUT2D eigenvalue weighted by Gasteiger charge is -2.04. The zero-order valence-electron chi connectivity index (χ0n) is 12.4. The number of nitrogens with one attached hydrogen (secondary N) is 1. The quantitative estimate of drug-likeness (QED) is 0.861. The zero-order valence-corrected chi connectivity index (χ0v) is 13.2. The number of benzene rings is 1. The number of anilines is 1. The van der Waals surface area contributed by atoms with Gasteiger partial charge in [-0.25, -0.2) is 4.98 Å². The molecular weight excluding hydrogens is 284 g/mol. The monoisotopic (exact) mass is 302 g/mol. The van der Waals surface area contributed by atoms with E-state index in [2.05, 4.69) is 17.2 Å². The van der Waals surface area contributed by atoms with Crippen LogP contribution in [-0.2, 0) is 17.6 Å². The van der Waals surface area contributed by atoms with Crippen LogP contribution >= 0.6 is 11.3 Å². The molecule has 1 aromatic heterocycles. The first kappa shape index (κ1) is 15.4. The SMILES string of the molecule is CCc1ccc(NC(=O)Cc2nc(C)c(C(C)=O)s2)cc1. The van der Waals surface area contributed by atoms with Crippen LogP contribution in [0.2, 0.25) is 0 Å². The van der Waals surface area contributed by atoms with Crippen molar-refractivity contribution in [1.82, 2.24) is 4.98 Å². The maximum Gasteiger partial charge on any atom is 0.231 e. The number of hydrogen-bond donors (Lipinski definition) is 1. The summed E-state index contributed by atoms with van der Waals surface area (Å²) in [6.45, 7) is 5.39. The number of carbonyl (C=O) groups excluding carboxylic acids is 2. The van der Waals surface area contributed by atoms with Gasteiger partial charge in [0.1, 0.15) is 5.01 Å². The average Bonchev–Trinajstić information content (AvgIpc) is 2.80. The number of aryl methyl sites for hydroxylation is 2. The summed E-state index contributed by atoms with van der Waals surface area (Å²) in [6, 6.07) is 7.78. The van der Waals surface area contributed by atoms with E-state index in [1.165, 1.54) is 23.8 Å². The second-order valence-corrected chi connectivity index (χ2v) is 5.94. The number of nitrogens with zero attached hydrogens (tertiary/aromatic N) is 1. The molecule has 0 unspecified atom stereocenters. The number of ketones is 1. The second kappa shape index (κ2) is 6.63. The maximum atomic E-state index is 12.0. The Balaban J connectivity index is 2.01. The van der Waals surface area contributed by atoms with Crippen molar-refractivity contribution in [1.29, 1.82) is 0 Å². The van der Waals surface area contributed by atoms with Gasteiger partial charge in [0, 0.05) is 12.6 Å². The molecule has 0 radical (unpaired) electrons. The molecule has 4 nitrogen and oxygen atoms in total. The Morgan fingerprint density at radius 3 is 2.43 bits per heavy atom. The highest BCUT2D eigenvalue weighted by molar-refractivity contribution is 7.13. The van der Waals surface area contributed by atoms with Gasteiger partial charge in [0.25, 0.3) is 0 Å². The number of rotatable bonds is 5. The van der Waals surface area contributed by atoms with E-state index in [1.54, 1.807) is 6.92 Å². The van der Waals surface area contributed by atoms with Crippen molar-refractivity contribution in [3.63, 3.8) is 0 Å². The summed E-state index contributed by atoms with van der Waals surface area (Å²) < 4.78 is 0. The number of aromatic nitrogens is 1. The first-order valence-electron chi connectivity index (χ1n) is 6.85. The molecule has 1 amide bonds. The van der Waals surface area contributed by atoms with Crippen LogP contribution in [0, 0.1) is 6.92 Å². The third kappa shape index (κ3) is 3.98. The molecule has 0 bridgehead atoms. The number of amides is 1. The fourth-order valence-corrected chi connectivity index (χ4v) is 2.98. The third-order valence-corrected chi connectivity index (χ3v) is 4.38. The van der Waals surface area contributed by atoms with E-state index in [1.807, 2.05) is 24.3 Å². The van der Waals surface area contributed by atoms with Gasteiger partial charge in [0.2, 0.25) is 5.91 Å². The molecule has 2 aromatic rings. The van der Waals surface area contributed by atoms with Gasteiger partial charge in [-0.05, 0) is 31.0 Å². The van der Waals surface area contributed by atoms with Crippen LogP contribution in [0.25, 0.3) is 0 Å². The maximum absolute atomic E-state index is 12.0. The Bertz CT molecular complexity index is 659. The van der Waals surface area contributed by atoms with E-state index in [0.29, 0.717) is 15.6 Å². The predicted molar refractivity (Wildman–Crippen MR) is 85.0 cm³/mol. The number of Topliss-reactive ketones (excluding diaryl/α,β-unsaturated/α-hetero) is 1. The van der Waals surface area contributed by atoms with Gasteiger partial charge < -0.3 is 5.32 Å². The summed E-state index contributed by atoms with van der Waals surface area (Å²) >= 11 is 1.29. The summed E-state index contributed by atoms with van der Waals surface area (Å²) in [4.78, 5) is 28.3. The van der Waals surface area contributed by atoms with Crippen molar-refractivity contribution in [3.05, 3.63) is 45.4 Å². The molecule has 0 atom stereocenters. The number of hydrogen-bond acceptors (Lipinski definition) is 4. The van der Waals surface area contributed by atoms with Crippen LogP contribution in [-0.4, -0.2) is 16.7 Å². The summed E-state index contributed by atoms with van der Waals surface area (Å²) in [6.07, 6.45) is 1.16. The van der Waals surface area contributed by atoms with Crippen LogP contribution in [0.1, 0.15) is 39.8 Å². The molecule has 0 fully saturated rings. The van der Waals surface area contributed by atoms with Gasteiger partial charge in [-0.3, -0.25) is 9.59 Å².